The normalized spacial score (nSPS) is 11.5. The van der Waals surface area contributed by atoms with Crippen LogP contribution in [0.3, 0.4) is 0 Å². The first-order chi connectivity index (χ1) is 16.1. The van der Waals surface area contributed by atoms with Crippen molar-refractivity contribution in [1.29, 1.82) is 0 Å². The van der Waals surface area contributed by atoms with Crippen molar-refractivity contribution in [3.8, 4) is 0 Å². The maximum absolute atomic E-state index is 13.6. The van der Waals surface area contributed by atoms with Crippen molar-refractivity contribution in [2.45, 2.75) is 25.9 Å². The van der Waals surface area contributed by atoms with Crippen LogP contribution in [0.25, 0.3) is 0 Å². The van der Waals surface area contributed by atoms with Crippen molar-refractivity contribution >= 4 is 28.8 Å². The van der Waals surface area contributed by atoms with Gasteiger partial charge >= 0.3 is 0 Å². The molecule has 2 amide bonds. The van der Waals surface area contributed by atoms with Gasteiger partial charge in [-0.15, -0.1) is 11.3 Å². The number of benzene rings is 3. The third kappa shape index (κ3) is 5.76. The van der Waals surface area contributed by atoms with Crippen LogP contribution < -0.4 is 10.2 Å². The molecular weight excluding hydrogens is 428 g/mol. The molecule has 4 nitrogen and oxygen atoms in total. The summed E-state index contributed by atoms with van der Waals surface area (Å²) in [5.74, 6) is -0.338. The van der Waals surface area contributed by atoms with Gasteiger partial charge in [0.05, 0.1) is 6.42 Å². The van der Waals surface area contributed by atoms with E-state index in [0.717, 1.165) is 21.6 Å². The molecule has 0 saturated heterocycles. The van der Waals surface area contributed by atoms with Crippen molar-refractivity contribution < 1.29 is 9.59 Å². The number of hydrogen-bond donors (Lipinski definition) is 1. The number of carbonyl (C=O) groups is 2. The van der Waals surface area contributed by atoms with Gasteiger partial charge in [-0.3, -0.25) is 14.5 Å². The van der Waals surface area contributed by atoms with Crippen LogP contribution in [0.4, 0.5) is 5.69 Å². The SMILES string of the molecule is Cc1ccc(N(C(=O)Cc2cccs2)[C@H](C(=O)NCc2ccccc2)c2ccccc2)cc1. The summed E-state index contributed by atoms with van der Waals surface area (Å²) in [6.45, 7) is 2.40. The molecule has 0 saturated carbocycles. The fourth-order valence-electron chi connectivity index (χ4n) is 3.72. The van der Waals surface area contributed by atoms with E-state index in [2.05, 4.69) is 5.32 Å². The molecule has 3 aromatic carbocycles. The molecule has 0 aliphatic rings. The molecule has 0 aliphatic heterocycles. The smallest absolute Gasteiger partial charge is 0.248 e. The Morgan fingerprint density at radius 2 is 1.52 bits per heavy atom. The van der Waals surface area contributed by atoms with E-state index in [0.29, 0.717) is 12.2 Å². The number of nitrogens with one attached hydrogen (secondary N) is 1. The highest BCUT2D eigenvalue weighted by Gasteiger charge is 2.32. The van der Waals surface area contributed by atoms with Crippen LogP contribution in [0.15, 0.2) is 102 Å². The van der Waals surface area contributed by atoms with E-state index in [9.17, 15) is 9.59 Å². The van der Waals surface area contributed by atoms with E-state index in [1.54, 1.807) is 16.2 Å². The molecule has 1 atom stereocenters. The Bertz CT molecular complexity index is 1170. The standard InChI is InChI=1S/C28H26N2O2S/c1-21-14-16-24(17-15-21)30(26(31)19-25-13-8-18-33-25)27(23-11-6-3-7-12-23)28(32)29-20-22-9-4-2-5-10-22/h2-18,27H,19-20H2,1H3,(H,29,32)/t27-/m0/s1. The molecule has 0 spiro atoms. The summed E-state index contributed by atoms with van der Waals surface area (Å²) in [6, 6.07) is 30.1. The van der Waals surface area contributed by atoms with Gasteiger partial charge in [-0.05, 0) is 41.6 Å². The lowest BCUT2D eigenvalue weighted by molar-refractivity contribution is -0.126. The molecule has 1 aromatic heterocycles. The lowest BCUT2D eigenvalue weighted by Crippen LogP contribution is -2.44. The van der Waals surface area contributed by atoms with Crippen LogP contribution in [0, 0.1) is 6.92 Å². The van der Waals surface area contributed by atoms with Gasteiger partial charge in [-0.25, -0.2) is 0 Å². The van der Waals surface area contributed by atoms with E-state index in [1.165, 1.54) is 0 Å². The summed E-state index contributed by atoms with van der Waals surface area (Å²) in [5, 5.41) is 5.00. The van der Waals surface area contributed by atoms with Gasteiger partial charge in [0.1, 0.15) is 6.04 Å². The maximum atomic E-state index is 13.6. The molecule has 33 heavy (non-hydrogen) atoms. The molecule has 4 rings (SSSR count). The predicted octanol–water partition coefficient (Wildman–Crippen LogP) is 5.69. The second kappa shape index (κ2) is 10.7. The summed E-state index contributed by atoms with van der Waals surface area (Å²) in [4.78, 5) is 29.8. The van der Waals surface area contributed by atoms with Crippen LogP contribution >= 0.6 is 11.3 Å². The van der Waals surface area contributed by atoms with Crippen molar-refractivity contribution in [2.75, 3.05) is 4.90 Å². The minimum Gasteiger partial charge on any atom is -0.350 e. The zero-order valence-electron chi connectivity index (χ0n) is 18.5. The van der Waals surface area contributed by atoms with Gasteiger partial charge in [-0.1, -0.05) is 84.4 Å². The average molecular weight is 455 g/mol. The summed E-state index contributed by atoms with van der Waals surface area (Å²) < 4.78 is 0. The quantitative estimate of drug-likeness (QED) is 0.372. The Labute approximate surface area is 198 Å². The van der Waals surface area contributed by atoms with E-state index in [4.69, 9.17) is 0 Å². The highest BCUT2D eigenvalue weighted by molar-refractivity contribution is 7.10. The largest absolute Gasteiger partial charge is 0.350 e. The topological polar surface area (TPSA) is 49.4 Å². The van der Waals surface area contributed by atoms with Crippen molar-refractivity contribution in [2.24, 2.45) is 0 Å². The van der Waals surface area contributed by atoms with Gasteiger partial charge in [0.2, 0.25) is 11.8 Å². The summed E-state index contributed by atoms with van der Waals surface area (Å²) in [6.07, 6.45) is 0.237. The molecule has 0 aliphatic carbocycles. The molecule has 166 valence electrons. The predicted molar refractivity (Wildman–Crippen MR) is 134 cm³/mol. The van der Waals surface area contributed by atoms with E-state index in [-0.39, 0.29) is 18.2 Å². The van der Waals surface area contributed by atoms with Gasteiger partial charge in [0.25, 0.3) is 0 Å². The van der Waals surface area contributed by atoms with E-state index in [1.807, 2.05) is 109 Å². The average Bonchev–Trinajstić information content (AvgIpc) is 3.36. The minimum absolute atomic E-state index is 0.120. The Balaban J connectivity index is 1.71. The number of anilines is 1. The minimum atomic E-state index is -0.787. The number of rotatable bonds is 8. The van der Waals surface area contributed by atoms with Crippen LogP contribution in [0.2, 0.25) is 0 Å². The monoisotopic (exact) mass is 454 g/mol. The fraction of sp³-hybridized carbons (Fsp3) is 0.143. The molecule has 0 radical (unpaired) electrons. The van der Waals surface area contributed by atoms with Crippen LogP contribution in [0.1, 0.15) is 27.6 Å². The number of aryl methyl sites for hydroxylation is 1. The number of amides is 2. The van der Waals surface area contributed by atoms with Gasteiger partial charge in [-0.2, -0.15) is 0 Å². The van der Waals surface area contributed by atoms with Crippen LogP contribution in [0.5, 0.6) is 0 Å². The first-order valence-electron chi connectivity index (χ1n) is 10.9. The number of nitrogens with zero attached hydrogens (tertiary/aromatic N) is 1. The Hall–Kier alpha value is -3.70. The Morgan fingerprint density at radius 3 is 2.15 bits per heavy atom. The molecule has 0 fully saturated rings. The lowest BCUT2D eigenvalue weighted by atomic mass is 10.0. The van der Waals surface area contributed by atoms with Gasteiger partial charge in [0.15, 0.2) is 0 Å². The Morgan fingerprint density at radius 1 is 0.848 bits per heavy atom. The lowest BCUT2D eigenvalue weighted by Gasteiger charge is -2.31. The molecule has 0 unspecified atom stereocenters. The van der Waals surface area contributed by atoms with Crippen molar-refractivity contribution in [3.63, 3.8) is 0 Å². The number of carbonyl (C=O) groups excluding carboxylic acids is 2. The summed E-state index contributed by atoms with van der Waals surface area (Å²) >= 11 is 1.54. The zero-order valence-corrected chi connectivity index (χ0v) is 19.3. The molecule has 1 N–H and O–H groups in total. The highest BCUT2D eigenvalue weighted by Crippen LogP contribution is 2.29. The van der Waals surface area contributed by atoms with Gasteiger partial charge < -0.3 is 5.32 Å². The van der Waals surface area contributed by atoms with Crippen molar-refractivity contribution in [1.82, 2.24) is 5.32 Å². The first-order valence-corrected chi connectivity index (χ1v) is 11.8. The molecule has 5 heteroatoms. The number of thiophene rings is 1. The van der Waals surface area contributed by atoms with Crippen molar-refractivity contribution in [3.05, 3.63) is 124 Å². The van der Waals surface area contributed by atoms with Crippen LogP contribution in [-0.4, -0.2) is 11.8 Å². The van der Waals surface area contributed by atoms with E-state index >= 15 is 0 Å². The van der Waals surface area contributed by atoms with E-state index < -0.39 is 6.04 Å². The molecular formula is C28H26N2O2S. The van der Waals surface area contributed by atoms with Gasteiger partial charge in [0, 0.05) is 17.1 Å². The zero-order chi connectivity index (χ0) is 23.0. The molecule has 0 bridgehead atoms. The summed E-state index contributed by atoms with van der Waals surface area (Å²) in [5.41, 5.74) is 3.56. The number of hydrogen-bond acceptors (Lipinski definition) is 3. The Kier molecular flexibility index (Phi) is 7.33. The third-order valence-corrected chi connectivity index (χ3v) is 6.29. The second-order valence-corrected chi connectivity index (χ2v) is 8.90. The molecule has 4 aromatic rings. The maximum Gasteiger partial charge on any atom is 0.248 e. The summed E-state index contributed by atoms with van der Waals surface area (Å²) in [7, 11) is 0. The third-order valence-electron chi connectivity index (χ3n) is 5.42. The second-order valence-electron chi connectivity index (χ2n) is 7.87. The van der Waals surface area contributed by atoms with Crippen LogP contribution in [-0.2, 0) is 22.6 Å². The first kappa shape index (κ1) is 22.5. The fourth-order valence-corrected chi connectivity index (χ4v) is 4.42. The highest BCUT2D eigenvalue weighted by atomic mass is 32.1. The molecule has 1 heterocycles.